The molecule has 2 aromatic carbocycles. The number of hydrogen-bond donors (Lipinski definition) is 1. The van der Waals surface area contributed by atoms with Gasteiger partial charge in [0.15, 0.2) is 0 Å². The second kappa shape index (κ2) is 7.32. The first-order chi connectivity index (χ1) is 12.4. The molecule has 0 bridgehead atoms. The maximum Gasteiger partial charge on any atom is 0.251 e. The molecule has 26 heavy (non-hydrogen) atoms. The Hall–Kier alpha value is -2.62. The van der Waals surface area contributed by atoms with Crippen LogP contribution in [0.1, 0.15) is 58.4 Å². The minimum atomic E-state index is -0.122. The zero-order valence-electron chi connectivity index (χ0n) is 15.9. The first-order valence-corrected chi connectivity index (χ1v) is 9.16. The number of benzene rings is 2. The summed E-state index contributed by atoms with van der Waals surface area (Å²) in [4.78, 5) is 26.4. The summed E-state index contributed by atoms with van der Waals surface area (Å²) < 4.78 is 0. The fourth-order valence-electron chi connectivity index (χ4n) is 3.54. The van der Waals surface area contributed by atoms with Crippen molar-refractivity contribution in [2.24, 2.45) is 0 Å². The molecular formula is C22H26N2O2. The van der Waals surface area contributed by atoms with Crippen LogP contribution < -0.4 is 10.2 Å². The van der Waals surface area contributed by atoms with Crippen molar-refractivity contribution in [3.63, 3.8) is 0 Å². The first kappa shape index (κ1) is 18.2. The van der Waals surface area contributed by atoms with E-state index in [1.54, 1.807) is 17.0 Å². The van der Waals surface area contributed by atoms with Gasteiger partial charge in [-0.1, -0.05) is 18.2 Å². The van der Waals surface area contributed by atoms with Crippen LogP contribution in [0.15, 0.2) is 36.4 Å². The Morgan fingerprint density at radius 1 is 1.08 bits per heavy atom. The molecule has 0 radical (unpaired) electrons. The third-order valence-corrected chi connectivity index (χ3v) is 5.19. The Morgan fingerprint density at radius 2 is 1.81 bits per heavy atom. The lowest BCUT2D eigenvalue weighted by Crippen LogP contribution is -2.28. The molecule has 0 aliphatic carbocycles. The number of carbonyl (C=O) groups is 2. The predicted molar refractivity (Wildman–Crippen MR) is 105 cm³/mol. The zero-order chi connectivity index (χ0) is 18.8. The fraction of sp³-hybridized carbons (Fsp3) is 0.364. The van der Waals surface area contributed by atoms with Gasteiger partial charge in [-0.05, 0) is 74.6 Å². The highest BCUT2D eigenvalue weighted by Crippen LogP contribution is 2.24. The van der Waals surface area contributed by atoms with Crippen LogP contribution in [0, 0.1) is 20.8 Å². The number of carbonyl (C=O) groups excluding carboxylic acids is 2. The number of hydrogen-bond acceptors (Lipinski definition) is 2. The Balaban J connectivity index is 1.78. The van der Waals surface area contributed by atoms with Gasteiger partial charge >= 0.3 is 0 Å². The van der Waals surface area contributed by atoms with Gasteiger partial charge in [0.05, 0.1) is 6.04 Å². The second-order valence-electron chi connectivity index (χ2n) is 7.19. The van der Waals surface area contributed by atoms with Crippen molar-refractivity contribution in [2.45, 2.75) is 46.6 Å². The summed E-state index contributed by atoms with van der Waals surface area (Å²) in [6.45, 7) is 8.99. The Kier molecular flexibility index (Phi) is 5.12. The van der Waals surface area contributed by atoms with Crippen LogP contribution >= 0.6 is 0 Å². The average molecular weight is 350 g/mol. The van der Waals surface area contributed by atoms with Crippen LogP contribution in [0.2, 0.25) is 0 Å². The smallest absolute Gasteiger partial charge is 0.251 e. The Bertz CT molecular complexity index is 857. The summed E-state index contributed by atoms with van der Waals surface area (Å²) >= 11 is 0. The van der Waals surface area contributed by atoms with Crippen molar-refractivity contribution in [1.29, 1.82) is 0 Å². The van der Waals surface area contributed by atoms with E-state index >= 15 is 0 Å². The van der Waals surface area contributed by atoms with Gasteiger partial charge in [-0.15, -0.1) is 0 Å². The third kappa shape index (κ3) is 3.64. The van der Waals surface area contributed by atoms with Crippen molar-refractivity contribution >= 4 is 17.5 Å². The topological polar surface area (TPSA) is 49.4 Å². The van der Waals surface area contributed by atoms with Gasteiger partial charge in [-0.25, -0.2) is 0 Å². The minimum absolute atomic E-state index is 0.0844. The van der Waals surface area contributed by atoms with E-state index in [-0.39, 0.29) is 17.9 Å². The molecule has 1 heterocycles. The molecule has 1 N–H and O–H groups in total. The summed E-state index contributed by atoms with van der Waals surface area (Å²) in [5.41, 5.74) is 6.17. The first-order valence-electron chi connectivity index (χ1n) is 9.16. The van der Waals surface area contributed by atoms with E-state index in [2.05, 4.69) is 38.2 Å². The zero-order valence-corrected chi connectivity index (χ0v) is 15.9. The molecule has 1 aliphatic heterocycles. The summed E-state index contributed by atoms with van der Waals surface area (Å²) in [6, 6.07) is 11.5. The van der Waals surface area contributed by atoms with E-state index in [1.165, 1.54) is 16.7 Å². The summed E-state index contributed by atoms with van der Waals surface area (Å²) in [7, 11) is 0. The molecular weight excluding hydrogens is 324 g/mol. The van der Waals surface area contributed by atoms with Gasteiger partial charge in [-0.2, -0.15) is 0 Å². The van der Waals surface area contributed by atoms with Crippen molar-refractivity contribution in [1.82, 2.24) is 5.32 Å². The number of nitrogens with one attached hydrogen (secondary N) is 1. The van der Waals surface area contributed by atoms with E-state index in [0.717, 1.165) is 24.2 Å². The summed E-state index contributed by atoms with van der Waals surface area (Å²) in [6.07, 6.45) is 1.46. The van der Waals surface area contributed by atoms with E-state index < -0.39 is 0 Å². The number of rotatable bonds is 4. The molecule has 1 saturated heterocycles. The minimum Gasteiger partial charge on any atom is -0.346 e. The largest absolute Gasteiger partial charge is 0.346 e. The van der Waals surface area contributed by atoms with Crippen LogP contribution in [0.5, 0.6) is 0 Å². The molecule has 2 amide bonds. The number of aryl methyl sites for hydroxylation is 3. The third-order valence-electron chi connectivity index (χ3n) is 5.19. The monoisotopic (exact) mass is 350 g/mol. The van der Waals surface area contributed by atoms with Gasteiger partial charge in [0.25, 0.3) is 5.91 Å². The Morgan fingerprint density at radius 3 is 2.50 bits per heavy atom. The van der Waals surface area contributed by atoms with Crippen LogP contribution in [0.25, 0.3) is 0 Å². The molecule has 4 heteroatoms. The van der Waals surface area contributed by atoms with E-state index in [4.69, 9.17) is 0 Å². The van der Waals surface area contributed by atoms with Crippen molar-refractivity contribution < 1.29 is 9.59 Å². The second-order valence-corrected chi connectivity index (χ2v) is 7.19. The maximum atomic E-state index is 12.7. The van der Waals surface area contributed by atoms with Crippen LogP contribution in [0.3, 0.4) is 0 Å². The SMILES string of the molecule is Cc1cc(C)c([C@H](C)NC(=O)c2cccc(N3CCCC3=O)c2)cc1C. The molecule has 136 valence electrons. The molecule has 0 aromatic heterocycles. The van der Waals surface area contributed by atoms with Crippen LogP contribution in [0.4, 0.5) is 5.69 Å². The van der Waals surface area contributed by atoms with Crippen molar-refractivity contribution in [3.8, 4) is 0 Å². The van der Waals surface area contributed by atoms with Gasteiger partial charge < -0.3 is 10.2 Å². The summed E-state index contributed by atoms with van der Waals surface area (Å²) in [5, 5.41) is 3.09. The molecule has 1 atom stereocenters. The van der Waals surface area contributed by atoms with Crippen LogP contribution in [-0.2, 0) is 4.79 Å². The number of nitrogens with zero attached hydrogens (tertiary/aromatic N) is 1. The standard InChI is InChI=1S/C22H26N2O2/c1-14-11-16(3)20(12-15(14)2)17(4)23-22(26)18-7-5-8-19(13-18)24-10-6-9-21(24)25/h5,7-8,11-13,17H,6,9-10H2,1-4H3,(H,23,26)/t17-/m0/s1. The highest BCUT2D eigenvalue weighted by atomic mass is 16.2. The molecule has 0 spiro atoms. The summed E-state index contributed by atoms with van der Waals surface area (Å²) in [5.74, 6) is 0.00491. The molecule has 1 fully saturated rings. The Labute approximate surface area is 155 Å². The molecule has 3 rings (SSSR count). The normalized spacial score (nSPS) is 15.2. The highest BCUT2D eigenvalue weighted by Gasteiger charge is 2.22. The van der Waals surface area contributed by atoms with Gasteiger partial charge in [0.1, 0.15) is 0 Å². The fourth-order valence-corrected chi connectivity index (χ4v) is 3.54. The quantitative estimate of drug-likeness (QED) is 0.897. The molecule has 4 nitrogen and oxygen atoms in total. The number of anilines is 1. The van der Waals surface area contributed by atoms with Gasteiger partial charge in [-0.3, -0.25) is 9.59 Å². The predicted octanol–water partition coefficient (Wildman–Crippen LogP) is 4.23. The lowest BCUT2D eigenvalue weighted by molar-refractivity contribution is -0.117. The van der Waals surface area contributed by atoms with E-state index in [0.29, 0.717) is 12.0 Å². The average Bonchev–Trinajstić information content (AvgIpc) is 3.04. The van der Waals surface area contributed by atoms with Crippen LogP contribution in [-0.4, -0.2) is 18.4 Å². The van der Waals surface area contributed by atoms with Crippen molar-refractivity contribution in [2.75, 3.05) is 11.4 Å². The molecule has 2 aromatic rings. The van der Waals surface area contributed by atoms with Gasteiger partial charge in [0.2, 0.25) is 5.91 Å². The van der Waals surface area contributed by atoms with Gasteiger partial charge in [0, 0.05) is 24.2 Å². The molecule has 0 unspecified atom stereocenters. The molecule has 0 saturated carbocycles. The van der Waals surface area contributed by atoms with E-state index in [1.807, 2.05) is 19.1 Å². The lowest BCUT2D eigenvalue weighted by atomic mass is 9.96. The maximum absolute atomic E-state index is 12.7. The highest BCUT2D eigenvalue weighted by molar-refractivity contribution is 5.99. The lowest BCUT2D eigenvalue weighted by Gasteiger charge is -2.20. The number of amides is 2. The van der Waals surface area contributed by atoms with E-state index in [9.17, 15) is 9.59 Å². The van der Waals surface area contributed by atoms with Crippen molar-refractivity contribution in [3.05, 3.63) is 64.2 Å². The molecule has 1 aliphatic rings.